The molecule has 1 aliphatic rings. The molecular weight excluding hydrogens is 332 g/mol. The molecule has 2 N–H and O–H groups in total. The van der Waals surface area contributed by atoms with E-state index in [1.807, 2.05) is 30.3 Å². The average molecular weight is 354 g/mol. The maximum atomic E-state index is 12.3. The monoisotopic (exact) mass is 354 g/mol. The summed E-state index contributed by atoms with van der Waals surface area (Å²) in [5.74, 6) is 1.28. The van der Waals surface area contributed by atoms with Crippen molar-refractivity contribution in [3.05, 3.63) is 54.6 Å². The zero-order valence-corrected chi connectivity index (χ0v) is 14.5. The molecule has 1 heterocycles. The predicted molar refractivity (Wildman–Crippen MR) is 97.0 cm³/mol. The second kappa shape index (κ2) is 8.38. The number of hydrogen-bond acceptors (Lipinski definition) is 4. The molecule has 1 atom stereocenters. The highest BCUT2D eigenvalue weighted by Gasteiger charge is 2.27. The van der Waals surface area contributed by atoms with Crippen LogP contribution in [0.4, 0.5) is 0 Å². The van der Waals surface area contributed by atoms with Gasteiger partial charge in [0.2, 0.25) is 5.91 Å². The molecule has 6 nitrogen and oxygen atoms in total. The molecular formula is C20H22N2O4. The molecule has 3 rings (SSSR count). The molecule has 1 unspecified atom stereocenters. The lowest BCUT2D eigenvalue weighted by molar-refractivity contribution is -0.136. The quantitative estimate of drug-likeness (QED) is 0.864. The third-order valence-electron chi connectivity index (χ3n) is 4.34. The van der Waals surface area contributed by atoms with Crippen molar-refractivity contribution in [1.82, 2.24) is 4.90 Å². The van der Waals surface area contributed by atoms with E-state index in [2.05, 4.69) is 0 Å². The number of amides is 2. The topological polar surface area (TPSA) is 81.9 Å². The zero-order valence-electron chi connectivity index (χ0n) is 14.5. The van der Waals surface area contributed by atoms with Gasteiger partial charge in [-0.05, 0) is 49.2 Å². The van der Waals surface area contributed by atoms with Gasteiger partial charge in [0.1, 0.15) is 17.2 Å². The van der Waals surface area contributed by atoms with Gasteiger partial charge in [0.15, 0.2) is 6.61 Å². The summed E-state index contributed by atoms with van der Waals surface area (Å²) < 4.78 is 11.3. The molecule has 0 aromatic heterocycles. The number of piperidine rings is 1. The Labute approximate surface area is 152 Å². The van der Waals surface area contributed by atoms with Crippen LogP contribution in [0.5, 0.6) is 17.2 Å². The lowest BCUT2D eigenvalue weighted by Crippen LogP contribution is -2.45. The highest BCUT2D eigenvalue weighted by atomic mass is 16.5. The summed E-state index contributed by atoms with van der Waals surface area (Å²) >= 11 is 0. The van der Waals surface area contributed by atoms with Crippen molar-refractivity contribution in [2.75, 3.05) is 19.7 Å². The van der Waals surface area contributed by atoms with Crippen LogP contribution in [0.15, 0.2) is 54.6 Å². The summed E-state index contributed by atoms with van der Waals surface area (Å²) in [7, 11) is 0. The summed E-state index contributed by atoms with van der Waals surface area (Å²) in [4.78, 5) is 25.2. The van der Waals surface area contributed by atoms with Crippen molar-refractivity contribution in [3.8, 4) is 17.2 Å². The van der Waals surface area contributed by atoms with Crippen LogP contribution in [0.2, 0.25) is 0 Å². The van der Waals surface area contributed by atoms with Crippen LogP contribution < -0.4 is 15.2 Å². The smallest absolute Gasteiger partial charge is 0.260 e. The third-order valence-corrected chi connectivity index (χ3v) is 4.34. The summed E-state index contributed by atoms with van der Waals surface area (Å²) in [6.07, 6.45) is 1.52. The number of carbonyl (C=O) groups excluding carboxylic acids is 2. The molecule has 0 aliphatic carbocycles. The van der Waals surface area contributed by atoms with Gasteiger partial charge in [-0.25, -0.2) is 0 Å². The van der Waals surface area contributed by atoms with Gasteiger partial charge < -0.3 is 20.1 Å². The molecule has 1 saturated heterocycles. The maximum absolute atomic E-state index is 12.3. The number of para-hydroxylation sites is 1. The molecule has 136 valence electrons. The number of carbonyl (C=O) groups is 2. The van der Waals surface area contributed by atoms with E-state index < -0.39 is 0 Å². The Balaban J connectivity index is 1.50. The van der Waals surface area contributed by atoms with Gasteiger partial charge in [-0.3, -0.25) is 9.59 Å². The molecule has 0 radical (unpaired) electrons. The zero-order chi connectivity index (χ0) is 18.4. The van der Waals surface area contributed by atoms with E-state index in [0.717, 1.165) is 18.6 Å². The number of hydrogen-bond donors (Lipinski definition) is 1. The maximum Gasteiger partial charge on any atom is 0.260 e. The van der Waals surface area contributed by atoms with E-state index in [1.54, 1.807) is 29.2 Å². The Morgan fingerprint density at radius 2 is 1.65 bits per heavy atom. The van der Waals surface area contributed by atoms with E-state index >= 15 is 0 Å². The minimum Gasteiger partial charge on any atom is -0.484 e. The Hall–Kier alpha value is -3.02. The molecule has 2 aromatic carbocycles. The molecule has 1 aliphatic heterocycles. The Morgan fingerprint density at radius 1 is 1.00 bits per heavy atom. The Bertz CT molecular complexity index is 746. The minimum absolute atomic E-state index is 0.0651. The normalized spacial score (nSPS) is 16.8. The van der Waals surface area contributed by atoms with Crippen LogP contribution >= 0.6 is 0 Å². The number of likely N-dealkylation sites (tertiary alicyclic amines) is 1. The average Bonchev–Trinajstić information content (AvgIpc) is 2.68. The van der Waals surface area contributed by atoms with E-state index in [9.17, 15) is 9.59 Å². The standard InChI is InChI=1S/C20H22N2O4/c21-20(24)15-5-4-12-22(13-15)19(23)14-25-16-8-10-18(11-9-16)26-17-6-2-1-3-7-17/h1-3,6-11,15H,4-5,12-14H2,(H2,21,24). The molecule has 0 spiro atoms. The van der Waals surface area contributed by atoms with Crippen molar-refractivity contribution in [1.29, 1.82) is 0 Å². The van der Waals surface area contributed by atoms with E-state index in [-0.39, 0.29) is 24.3 Å². The van der Waals surface area contributed by atoms with Crippen molar-refractivity contribution in [2.24, 2.45) is 11.7 Å². The van der Waals surface area contributed by atoms with Crippen LogP contribution in [0.1, 0.15) is 12.8 Å². The fourth-order valence-corrected chi connectivity index (χ4v) is 2.90. The summed E-state index contributed by atoms with van der Waals surface area (Å²) in [6, 6.07) is 16.6. The fraction of sp³-hybridized carbons (Fsp3) is 0.300. The number of rotatable bonds is 6. The lowest BCUT2D eigenvalue weighted by Gasteiger charge is -2.31. The highest BCUT2D eigenvalue weighted by molar-refractivity contribution is 5.81. The minimum atomic E-state index is -0.350. The van der Waals surface area contributed by atoms with Crippen LogP contribution in [0, 0.1) is 5.92 Å². The first kappa shape index (κ1) is 17.8. The summed E-state index contributed by atoms with van der Waals surface area (Å²) in [5, 5.41) is 0. The molecule has 2 amide bonds. The Kier molecular flexibility index (Phi) is 5.73. The Morgan fingerprint density at radius 3 is 2.35 bits per heavy atom. The van der Waals surface area contributed by atoms with Crippen molar-refractivity contribution in [3.63, 3.8) is 0 Å². The van der Waals surface area contributed by atoms with E-state index in [1.165, 1.54) is 0 Å². The van der Waals surface area contributed by atoms with Crippen LogP contribution in [-0.2, 0) is 9.59 Å². The third kappa shape index (κ3) is 4.75. The first-order valence-electron chi connectivity index (χ1n) is 8.64. The van der Waals surface area contributed by atoms with Gasteiger partial charge in [0.05, 0.1) is 5.92 Å². The molecule has 1 fully saturated rings. The first-order valence-corrected chi connectivity index (χ1v) is 8.64. The molecule has 6 heteroatoms. The number of ether oxygens (including phenoxy) is 2. The van der Waals surface area contributed by atoms with Gasteiger partial charge in [-0.2, -0.15) is 0 Å². The molecule has 0 bridgehead atoms. The second-order valence-corrected chi connectivity index (χ2v) is 6.26. The van der Waals surface area contributed by atoms with Crippen molar-refractivity contribution in [2.45, 2.75) is 12.8 Å². The largest absolute Gasteiger partial charge is 0.484 e. The van der Waals surface area contributed by atoms with Gasteiger partial charge in [0, 0.05) is 13.1 Å². The molecule has 0 saturated carbocycles. The molecule has 26 heavy (non-hydrogen) atoms. The van der Waals surface area contributed by atoms with Gasteiger partial charge in [-0.1, -0.05) is 18.2 Å². The fourth-order valence-electron chi connectivity index (χ4n) is 2.90. The van der Waals surface area contributed by atoms with Gasteiger partial charge >= 0.3 is 0 Å². The first-order chi connectivity index (χ1) is 12.6. The highest BCUT2D eigenvalue weighted by Crippen LogP contribution is 2.23. The van der Waals surface area contributed by atoms with Crippen LogP contribution in [-0.4, -0.2) is 36.4 Å². The van der Waals surface area contributed by atoms with Crippen molar-refractivity contribution < 1.29 is 19.1 Å². The second-order valence-electron chi connectivity index (χ2n) is 6.26. The number of nitrogens with two attached hydrogens (primary N) is 1. The summed E-state index contributed by atoms with van der Waals surface area (Å²) in [5.41, 5.74) is 5.34. The SMILES string of the molecule is NC(=O)C1CCCN(C(=O)COc2ccc(Oc3ccccc3)cc2)C1. The lowest BCUT2D eigenvalue weighted by atomic mass is 9.97. The van der Waals surface area contributed by atoms with E-state index in [0.29, 0.717) is 24.6 Å². The number of benzene rings is 2. The van der Waals surface area contributed by atoms with Gasteiger partial charge in [-0.15, -0.1) is 0 Å². The number of nitrogens with zero attached hydrogens (tertiary/aromatic N) is 1. The van der Waals surface area contributed by atoms with Crippen molar-refractivity contribution >= 4 is 11.8 Å². The van der Waals surface area contributed by atoms with Crippen LogP contribution in [0.25, 0.3) is 0 Å². The predicted octanol–water partition coefficient (Wildman–Crippen LogP) is 2.58. The molecule has 2 aromatic rings. The van der Waals surface area contributed by atoms with Gasteiger partial charge in [0.25, 0.3) is 5.91 Å². The summed E-state index contributed by atoms with van der Waals surface area (Å²) in [6.45, 7) is 0.946. The number of primary amides is 1. The van der Waals surface area contributed by atoms with Crippen LogP contribution in [0.3, 0.4) is 0 Å². The van der Waals surface area contributed by atoms with E-state index in [4.69, 9.17) is 15.2 Å².